The van der Waals surface area contributed by atoms with E-state index in [9.17, 15) is 4.79 Å². The molecule has 0 unspecified atom stereocenters. The summed E-state index contributed by atoms with van der Waals surface area (Å²) in [6.45, 7) is 5.59. The van der Waals surface area contributed by atoms with Gasteiger partial charge in [0.2, 0.25) is 5.91 Å². The van der Waals surface area contributed by atoms with Crippen molar-refractivity contribution in [3.8, 4) is 11.5 Å². The molecular formula is C24H26BrN3O3. The molecule has 3 rings (SSSR count). The average molecular weight is 484 g/mol. The summed E-state index contributed by atoms with van der Waals surface area (Å²) in [5.74, 6) is 1.35. The molecule has 162 valence electrons. The van der Waals surface area contributed by atoms with Crippen molar-refractivity contribution in [3.63, 3.8) is 0 Å². The van der Waals surface area contributed by atoms with Gasteiger partial charge in [0.05, 0.1) is 12.8 Å². The minimum absolute atomic E-state index is 0.160. The van der Waals surface area contributed by atoms with E-state index in [-0.39, 0.29) is 5.91 Å². The maximum absolute atomic E-state index is 12.2. The van der Waals surface area contributed by atoms with Crippen LogP contribution in [0.3, 0.4) is 0 Å². The first-order valence-electron chi connectivity index (χ1n) is 10.0. The largest absolute Gasteiger partial charge is 0.496 e. The van der Waals surface area contributed by atoms with Crippen molar-refractivity contribution in [1.29, 1.82) is 0 Å². The van der Waals surface area contributed by atoms with Gasteiger partial charge in [0.25, 0.3) is 0 Å². The lowest BCUT2D eigenvalue weighted by atomic mass is 10.1. The molecule has 0 bridgehead atoms. The molecule has 31 heavy (non-hydrogen) atoms. The fourth-order valence-electron chi connectivity index (χ4n) is 3.01. The number of benzene rings is 2. The molecule has 1 aromatic heterocycles. The van der Waals surface area contributed by atoms with Crippen molar-refractivity contribution in [2.45, 2.75) is 33.5 Å². The number of halogens is 1. The number of nitrogens with zero attached hydrogens (tertiary/aromatic N) is 2. The third kappa shape index (κ3) is 6.46. The normalized spacial score (nSPS) is 11.0. The van der Waals surface area contributed by atoms with Crippen molar-refractivity contribution >= 4 is 27.9 Å². The number of amides is 1. The van der Waals surface area contributed by atoms with Crippen LogP contribution >= 0.6 is 15.9 Å². The number of hydrogen-bond acceptors (Lipinski definition) is 4. The number of aromatic nitrogens is 2. The summed E-state index contributed by atoms with van der Waals surface area (Å²) in [5, 5.41) is 7.30. The highest BCUT2D eigenvalue weighted by molar-refractivity contribution is 9.10. The number of methoxy groups -OCH3 is 1. The van der Waals surface area contributed by atoms with Gasteiger partial charge in [0.15, 0.2) is 0 Å². The lowest BCUT2D eigenvalue weighted by Gasteiger charge is -2.11. The van der Waals surface area contributed by atoms with Crippen LogP contribution < -0.4 is 14.8 Å². The Morgan fingerprint density at radius 3 is 2.65 bits per heavy atom. The van der Waals surface area contributed by atoms with E-state index in [1.54, 1.807) is 13.2 Å². The van der Waals surface area contributed by atoms with Crippen molar-refractivity contribution in [1.82, 2.24) is 15.1 Å². The first kappa shape index (κ1) is 22.6. The highest BCUT2D eigenvalue weighted by Crippen LogP contribution is 2.23. The van der Waals surface area contributed by atoms with Crippen LogP contribution in [-0.2, 0) is 24.5 Å². The molecule has 3 aromatic rings. The summed E-state index contributed by atoms with van der Waals surface area (Å²) in [7, 11) is 1.63. The number of rotatable bonds is 9. The Balaban J connectivity index is 1.61. The summed E-state index contributed by atoms with van der Waals surface area (Å²) < 4.78 is 14.2. The number of nitrogens with one attached hydrogen (secondary N) is 1. The van der Waals surface area contributed by atoms with Crippen LogP contribution in [0.4, 0.5) is 0 Å². The fourth-order valence-corrected chi connectivity index (χ4v) is 3.28. The number of carbonyl (C=O) groups is 1. The van der Waals surface area contributed by atoms with Gasteiger partial charge in [-0.25, -0.2) is 0 Å². The molecule has 0 aliphatic rings. The molecule has 7 heteroatoms. The maximum Gasteiger partial charge on any atom is 0.244 e. The highest BCUT2D eigenvalue weighted by Gasteiger charge is 2.07. The van der Waals surface area contributed by atoms with Crippen LogP contribution in [0.5, 0.6) is 11.5 Å². The summed E-state index contributed by atoms with van der Waals surface area (Å²) in [4.78, 5) is 12.2. The fraction of sp³-hybridized carbons (Fsp3) is 0.250. The van der Waals surface area contributed by atoms with Gasteiger partial charge in [-0.15, -0.1) is 0 Å². The van der Waals surface area contributed by atoms with Crippen LogP contribution in [0, 0.1) is 6.92 Å². The monoisotopic (exact) mass is 483 g/mol. The Bertz CT molecular complexity index is 1060. The Hall–Kier alpha value is -3.06. The zero-order valence-electron chi connectivity index (χ0n) is 17.9. The number of hydrogen-bond donors (Lipinski definition) is 1. The zero-order valence-corrected chi connectivity index (χ0v) is 19.5. The molecular weight excluding hydrogens is 458 g/mol. The summed E-state index contributed by atoms with van der Waals surface area (Å²) in [6, 6.07) is 13.4. The Morgan fingerprint density at radius 1 is 1.19 bits per heavy atom. The summed E-state index contributed by atoms with van der Waals surface area (Å²) >= 11 is 3.41. The van der Waals surface area contributed by atoms with Gasteiger partial charge >= 0.3 is 0 Å². The maximum atomic E-state index is 12.2. The van der Waals surface area contributed by atoms with Crippen LogP contribution in [0.1, 0.15) is 29.3 Å². The molecule has 1 heterocycles. The number of aryl methyl sites for hydroxylation is 2. The van der Waals surface area contributed by atoms with E-state index < -0.39 is 0 Å². The van der Waals surface area contributed by atoms with Gasteiger partial charge in [-0.05, 0) is 61.9 Å². The second-order valence-corrected chi connectivity index (χ2v) is 7.88. The standard InChI is InChI=1S/C24H26BrN3O3/c1-4-28-15-20(17(2)27-28)14-26-24(29)12-6-18-5-11-23(30-3)19(13-18)16-31-22-9-7-21(25)8-10-22/h5-13,15H,4,14,16H2,1-3H3,(H,26,29)/b12-6-. The van der Waals surface area contributed by atoms with Gasteiger partial charge in [-0.3, -0.25) is 9.48 Å². The Kier molecular flexibility index (Phi) is 7.89. The minimum Gasteiger partial charge on any atom is -0.496 e. The Morgan fingerprint density at radius 2 is 1.97 bits per heavy atom. The number of ether oxygens (including phenoxy) is 2. The van der Waals surface area contributed by atoms with Crippen molar-refractivity contribution in [2.75, 3.05) is 7.11 Å². The van der Waals surface area contributed by atoms with Gasteiger partial charge in [-0.1, -0.05) is 22.0 Å². The molecule has 6 nitrogen and oxygen atoms in total. The van der Waals surface area contributed by atoms with E-state index in [0.29, 0.717) is 13.2 Å². The van der Waals surface area contributed by atoms with E-state index in [1.165, 1.54) is 6.08 Å². The quantitative estimate of drug-likeness (QED) is 0.440. The lowest BCUT2D eigenvalue weighted by Crippen LogP contribution is -2.20. The molecule has 0 fully saturated rings. The van der Waals surface area contributed by atoms with Crippen LogP contribution in [0.25, 0.3) is 6.08 Å². The molecule has 0 spiro atoms. The van der Waals surface area contributed by atoms with Crippen LogP contribution in [0.2, 0.25) is 0 Å². The molecule has 0 aliphatic heterocycles. The first-order valence-corrected chi connectivity index (χ1v) is 10.8. The molecule has 0 saturated carbocycles. The van der Waals surface area contributed by atoms with E-state index in [2.05, 4.69) is 26.3 Å². The van der Waals surface area contributed by atoms with E-state index in [1.807, 2.05) is 67.2 Å². The molecule has 2 aromatic carbocycles. The zero-order chi connectivity index (χ0) is 22.2. The predicted octanol–water partition coefficient (Wildman–Crippen LogP) is 4.89. The van der Waals surface area contributed by atoms with Gasteiger partial charge in [0, 0.05) is 41.0 Å². The predicted molar refractivity (Wildman–Crippen MR) is 125 cm³/mol. The van der Waals surface area contributed by atoms with Gasteiger partial charge < -0.3 is 14.8 Å². The molecule has 1 N–H and O–H groups in total. The Labute approximate surface area is 191 Å². The van der Waals surface area contributed by atoms with Crippen molar-refractivity contribution < 1.29 is 14.3 Å². The van der Waals surface area contributed by atoms with Gasteiger partial charge in [-0.2, -0.15) is 5.10 Å². The van der Waals surface area contributed by atoms with Crippen molar-refractivity contribution in [3.05, 3.63) is 81.6 Å². The van der Waals surface area contributed by atoms with Crippen molar-refractivity contribution in [2.24, 2.45) is 0 Å². The van der Waals surface area contributed by atoms with Gasteiger partial charge in [0.1, 0.15) is 18.1 Å². The second-order valence-electron chi connectivity index (χ2n) is 6.96. The molecule has 0 saturated heterocycles. The first-order chi connectivity index (χ1) is 15.0. The molecule has 0 atom stereocenters. The average Bonchev–Trinajstić information content (AvgIpc) is 3.15. The molecule has 1 amide bonds. The molecule has 0 aliphatic carbocycles. The van der Waals surface area contributed by atoms with Crippen LogP contribution in [-0.4, -0.2) is 22.8 Å². The van der Waals surface area contributed by atoms with E-state index in [0.717, 1.165) is 44.9 Å². The molecule has 0 radical (unpaired) electrons. The summed E-state index contributed by atoms with van der Waals surface area (Å²) in [6.07, 6.45) is 5.27. The topological polar surface area (TPSA) is 65.4 Å². The minimum atomic E-state index is -0.160. The van der Waals surface area contributed by atoms with E-state index in [4.69, 9.17) is 9.47 Å². The lowest BCUT2D eigenvalue weighted by molar-refractivity contribution is -0.116. The highest BCUT2D eigenvalue weighted by atomic mass is 79.9. The third-order valence-electron chi connectivity index (χ3n) is 4.76. The third-order valence-corrected chi connectivity index (χ3v) is 5.29. The SMILES string of the molecule is CCn1cc(CNC(=O)/C=C\c2ccc(OC)c(COc3ccc(Br)cc3)c2)c(C)n1. The van der Waals surface area contributed by atoms with E-state index >= 15 is 0 Å². The smallest absolute Gasteiger partial charge is 0.244 e. The number of carbonyl (C=O) groups excluding carboxylic acids is 1. The van der Waals surface area contributed by atoms with Crippen LogP contribution in [0.15, 0.2) is 59.2 Å². The second kappa shape index (κ2) is 10.8. The summed E-state index contributed by atoms with van der Waals surface area (Å²) in [5.41, 5.74) is 3.73.